The van der Waals surface area contributed by atoms with Gasteiger partial charge in [0, 0.05) is 18.1 Å². The van der Waals surface area contributed by atoms with Crippen molar-refractivity contribution < 1.29 is 4.98 Å². The van der Waals surface area contributed by atoms with Gasteiger partial charge in [-0.3, -0.25) is 0 Å². The summed E-state index contributed by atoms with van der Waals surface area (Å²) >= 11 is 0. The number of allylic oxidation sites excluding steroid dienone is 2. The maximum atomic E-state index is 6.57. The lowest BCUT2D eigenvalue weighted by Gasteiger charge is -2.33. The number of H-pyrrole nitrogens is 1. The van der Waals surface area contributed by atoms with Crippen LogP contribution in [-0.4, -0.2) is 0 Å². The van der Waals surface area contributed by atoms with Crippen LogP contribution >= 0.6 is 0 Å². The van der Waals surface area contributed by atoms with Crippen molar-refractivity contribution in [3.8, 4) is 0 Å². The zero-order valence-electron chi connectivity index (χ0n) is 12.9. The number of anilines is 1. The zero-order chi connectivity index (χ0) is 14.6. The molecule has 1 aromatic carbocycles. The first kappa shape index (κ1) is 12.9. The maximum absolute atomic E-state index is 6.57. The number of rotatable bonds is 1. The fourth-order valence-corrected chi connectivity index (χ4v) is 4.28. The summed E-state index contributed by atoms with van der Waals surface area (Å²) in [5.41, 5.74) is 14.4. The van der Waals surface area contributed by atoms with Crippen LogP contribution in [0.4, 0.5) is 5.69 Å². The number of aromatic amines is 1. The van der Waals surface area contributed by atoms with Crippen LogP contribution in [0.1, 0.15) is 48.9 Å². The summed E-state index contributed by atoms with van der Waals surface area (Å²) in [4.78, 5) is 3.68. The van der Waals surface area contributed by atoms with Crippen molar-refractivity contribution in [1.29, 1.82) is 0 Å². The second-order valence-electron chi connectivity index (χ2n) is 6.76. The second-order valence-corrected chi connectivity index (χ2v) is 6.76. The molecule has 1 heterocycles. The van der Waals surface area contributed by atoms with Crippen molar-refractivity contribution >= 4 is 16.6 Å². The molecule has 0 aliphatic heterocycles. The van der Waals surface area contributed by atoms with Gasteiger partial charge in [-0.15, -0.1) is 0 Å². The standard InChI is InChI=1S/C19H22N2/c1-3-12-7-13-9-14(8-12)18-17(10-13)21-16-6-11(2)4-5-15(16)19(18)20/h4-7,13-14H,3,8-10H2,1-2H3,(H2,20,21)/p+1/t13-,14+/m0/s1. The molecule has 2 aromatic rings. The molecule has 2 aliphatic carbocycles. The van der Waals surface area contributed by atoms with Crippen molar-refractivity contribution in [2.24, 2.45) is 5.92 Å². The number of fused-ring (bicyclic) bond motifs is 5. The van der Waals surface area contributed by atoms with E-state index >= 15 is 0 Å². The summed E-state index contributed by atoms with van der Waals surface area (Å²) in [5, 5.41) is 1.19. The first-order chi connectivity index (χ1) is 10.2. The van der Waals surface area contributed by atoms with Crippen molar-refractivity contribution in [3.63, 3.8) is 0 Å². The number of nitrogens with one attached hydrogen (secondary N) is 1. The molecule has 0 spiro atoms. The molecule has 4 rings (SSSR count). The quantitative estimate of drug-likeness (QED) is 0.789. The molecule has 3 N–H and O–H groups in total. The molecular formula is C19H23N2+. The smallest absolute Gasteiger partial charge is 0.213 e. The largest absolute Gasteiger partial charge is 0.398 e. The summed E-state index contributed by atoms with van der Waals surface area (Å²) in [6.45, 7) is 4.40. The molecule has 2 nitrogen and oxygen atoms in total. The maximum Gasteiger partial charge on any atom is 0.213 e. The molecule has 0 unspecified atom stereocenters. The number of nitrogens with two attached hydrogens (primary N) is 1. The highest BCUT2D eigenvalue weighted by Crippen LogP contribution is 2.46. The lowest BCUT2D eigenvalue weighted by molar-refractivity contribution is -0.360. The SMILES string of the molecule is CCC1=C[C@@H]2Cc3[nH+]c4cc(C)ccc4c(N)c3[C@H](C1)C2. The van der Waals surface area contributed by atoms with Gasteiger partial charge in [0.05, 0.1) is 11.1 Å². The van der Waals surface area contributed by atoms with Gasteiger partial charge in [-0.25, -0.2) is 4.98 Å². The van der Waals surface area contributed by atoms with E-state index in [1.807, 2.05) is 0 Å². The molecule has 2 heteroatoms. The minimum Gasteiger partial charge on any atom is -0.398 e. The van der Waals surface area contributed by atoms with Crippen molar-refractivity contribution in [2.75, 3.05) is 5.73 Å². The molecule has 0 fully saturated rings. The number of aryl methyl sites for hydroxylation is 1. The molecule has 21 heavy (non-hydrogen) atoms. The Kier molecular flexibility index (Phi) is 2.81. The van der Waals surface area contributed by atoms with Crippen LogP contribution in [0.5, 0.6) is 0 Å². The molecule has 2 aliphatic rings. The average molecular weight is 279 g/mol. The third-order valence-corrected chi connectivity index (χ3v) is 5.26. The Hall–Kier alpha value is -1.83. The Bertz CT molecular complexity index is 758. The molecule has 0 amide bonds. The Labute approximate surface area is 126 Å². The van der Waals surface area contributed by atoms with Crippen molar-refractivity contribution in [2.45, 2.75) is 45.4 Å². The highest BCUT2D eigenvalue weighted by molar-refractivity contribution is 5.90. The van der Waals surface area contributed by atoms with Gasteiger partial charge in [-0.1, -0.05) is 24.6 Å². The number of aromatic nitrogens is 1. The second kappa shape index (κ2) is 4.59. The van der Waals surface area contributed by atoms with E-state index in [0.717, 1.165) is 12.1 Å². The van der Waals surface area contributed by atoms with E-state index in [1.54, 1.807) is 5.57 Å². The number of nitrogen functional groups attached to an aromatic ring is 1. The Morgan fingerprint density at radius 3 is 2.95 bits per heavy atom. The lowest BCUT2D eigenvalue weighted by atomic mass is 9.70. The highest BCUT2D eigenvalue weighted by Gasteiger charge is 2.36. The third kappa shape index (κ3) is 1.97. The minimum absolute atomic E-state index is 0.612. The molecule has 2 atom stereocenters. The normalized spacial score (nSPS) is 23.8. The minimum atomic E-state index is 0.612. The van der Waals surface area contributed by atoms with Crippen LogP contribution in [0, 0.1) is 12.8 Å². The molecular weight excluding hydrogens is 256 g/mol. The van der Waals surface area contributed by atoms with E-state index in [1.165, 1.54) is 47.0 Å². The molecule has 0 saturated carbocycles. The number of hydrogen-bond donors (Lipinski definition) is 1. The molecule has 1 aromatic heterocycles. The Morgan fingerprint density at radius 1 is 1.29 bits per heavy atom. The van der Waals surface area contributed by atoms with Gasteiger partial charge >= 0.3 is 0 Å². The van der Waals surface area contributed by atoms with Gasteiger partial charge in [-0.05, 0) is 49.7 Å². The fourth-order valence-electron chi connectivity index (χ4n) is 4.28. The van der Waals surface area contributed by atoms with E-state index in [4.69, 9.17) is 5.73 Å². The van der Waals surface area contributed by atoms with Crippen LogP contribution in [0.2, 0.25) is 0 Å². The van der Waals surface area contributed by atoms with E-state index in [2.05, 4.69) is 43.1 Å². The van der Waals surface area contributed by atoms with E-state index in [9.17, 15) is 0 Å². The summed E-state index contributed by atoms with van der Waals surface area (Å²) in [5.74, 6) is 1.31. The van der Waals surface area contributed by atoms with E-state index in [-0.39, 0.29) is 0 Å². The van der Waals surface area contributed by atoms with Gasteiger partial charge in [-0.2, -0.15) is 0 Å². The summed E-state index contributed by atoms with van der Waals surface area (Å²) < 4.78 is 0. The molecule has 108 valence electrons. The van der Waals surface area contributed by atoms with Crippen LogP contribution < -0.4 is 10.7 Å². The molecule has 2 bridgehead atoms. The van der Waals surface area contributed by atoms with E-state index < -0.39 is 0 Å². The summed E-state index contributed by atoms with van der Waals surface area (Å²) in [7, 11) is 0. The van der Waals surface area contributed by atoms with Crippen LogP contribution in [0.3, 0.4) is 0 Å². The molecule has 0 radical (unpaired) electrons. The number of benzene rings is 1. The highest BCUT2D eigenvalue weighted by atomic mass is 14.7. The Balaban J connectivity index is 1.92. The molecule has 0 saturated heterocycles. The van der Waals surface area contributed by atoms with Gasteiger partial charge in [0.2, 0.25) is 5.52 Å². The summed E-state index contributed by atoms with van der Waals surface area (Å²) in [6.07, 6.45) is 7.27. The van der Waals surface area contributed by atoms with Gasteiger partial charge in [0.15, 0.2) is 5.69 Å². The lowest BCUT2D eigenvalue weighted by Crippen LogP contribution is -2.30. The first-order valence-electron chi connectivity index (χ1n) is 8.09. The predicted molar refractivity (Wildman–Crippen MR) is 87.2 cm³/mol. The van der Waals surface area contributed by atoms with Gasteiger partial charge in [0.25, 0.3) is 0 Å². The summed E-state index contributed by atoms with van der Waals surface area (Å²) in [6, 6.07) is 6.54. The van der Waals surface area contributed by atoms with Crippen LogP contribution in [-0.2, 0) is 6.42 Å². The fraction of sp³-hybridized carbons (Fsp3) is 0.421. The van der Waals surface area contributed by atoms with E-state index in [0.29, 0.717) is 11.8 Å². The van der Waals surface area contributed by atoms with Crippen LogP contribution in [0.15, 0.2) is 29.8 Å². The van der Waals surface area contributed by atoms with Crippen molar-refractivity contribution in [1.82, 2.24) is 0 Å². The van der Waals surface area contributed by atoms with Crippen molar-refractivity contribution in [3.05, 3.63) is 46.7 Å². The number of pyridine rings is 1. The zero-order valence-corrected chi connectivity index (χ0v) is 12.9. The van der Waals surface area contributed by atoms with Crippen LogP contribution in [0.25, 0.3) is 10.9 Å². The third-order valence-electron chi connectivity index (χ3n) is 5.26. The predicted octanol–water partition coefficient (Wildman–Crippen LogP) is 3.93. The average Bonchev–Trinajstić information content (AvgIpc) is 2.46. The number of hydrogen-bond acceptors (Lipinski definition) is 1. The Morgan fingerprint density at radius 2 is 2.14 bits per heavy atom. The van der Waals surface area contributed by atoms with Gasteiger partial charge in [0.1, 0.15) is 0 Å². The van der Waals surface area contributed by atoms with Gasteiger partial charge < -0.3 is 5.73 Å². The first-order valence-corrected chi connectivity index (χ1v) is 8.09. The topological polar surface area (TPSA) is 40.2 Å². The monoisotopic (exact) mass is 279 g/mol.